The Kier molecular flexibility index (Phi) is 5.03. The lowest BCUT2D eigenvalue weighted by molar-refractivity contribution is 0.00578. The zero-order valence-corrected chi connectivity index (χ0v) is 17.8. The summed E-state index contributed by atoms with van der Waals surface area (Å²) in [6, 6.07) is 5.99. The van der Waals surface area contributed by atoms with Gasteiger partial charge in [0.15, 0.2) is 0 Å². The Balaban J connectivity index is 1.71. The number of ether oxygens (including phenoxy) is 1. The van der Waals surface area contributed by atoms with E-state index in [1.807, 2.05) is 66.7 Å². The van der Waals surface area contributed by atoms with E-state index in [1.165, 1.54) is 11.3 Å². The zero-order chi connectivity index (χ0) is 20.0. The number of nitrogens with zero attached hydrogens (tertiary/aromatic N) is 1. The van der Waals surface area contributed by atoms with Gasteiger partial charge in [0, 0.05) is 0 Å². The maximum Gasteiger partial charge on any atom is 0.494 e. The fourth-order valence-electron chi connectivity index (χ4n) is 2.65. The van der Waals surface area contributed by atoms with Gasteiger partial charge in [0.2, 0.25) is 0 Å². The molecule has 1 fully saturated rings. The first-order chi connectivity index (χ1) is 12.4. The molecule has 0 saturated carbocycles. The Morgan fingerprint density at radius 3 is 2.44 bits per heavy atom. The molecule has 1 aliphatic heterocycles. The third-order valence-electron chi connectivity index (χ3n) is 4.77. The molecular formula is C19H27BN2O4S. The summed E-state index contributed by atoms with van der Waals surface area (Å²) < 4.78 is 18.5. The summed E-state index contributed by atoms with van der Waals surface area (Å²) >= 11 is 1.54. The van der Waals surface area contributed by atoms with Gasteiger partial charge in [-0.05, 0) is 66.1 Å². The van der Waals surface area contributed by atoms with E-state index in [2.05, 4.69) is 10.3 Å². The van der Waals surface area contributed by atoms with Crippen LogP contribution in [0.25, 0.3) is 10.2 Å². The molecule has 0 spiro atoms. The van der Waals surface area contributed by atoms with Crippen LogP contribution in [0.15, 0.2) is 18.2 Å². The van der Waals surface area contributed by atoms with Crippen molar-refractivity contribution in [2.45, 2.75) is 71.8 Å². The molecule has 27 heavy (non-hydrogen) atoms. The summed E-state index contributed by atoms with van der Waals surface area (Å²) in [5.41, 5.74) is 0.596. The van der Waals surface area contributed by atoms with E-state index in [4.69, 9.17) is 14.0 Å². The van der Waals surface area contributed by atoms with Crippen molar-refractivity contribution in [1.29, 1.82) is 0 Å². The molecule has 0 radical (unpaired) electrons. The van der Waals surface area contributed by atoms with Crippen molar-refractivity contribution in [2.24, 2.45) is 0 Å². The SMILES string of the molecule is CC(C)(C)OC(=O)NCc1nc2ccc(B3OC(C)(C)C(C)(C)O3)cc2s1. The monoisotopic (exact) mass is 390 g/mol. The number of amides is 1. The minimum Gasteiger partial charge on any atom is -0.444 e. The van der Waals surface area contributed by atoms with Gasteiger partial charge in [-0.1, -0.05) is 6.07 Å². The predicted octanol–water partition coefficient (Wildman–Crippen LogP) is 3.62. The molecule has 6 nitrogen and oxygen atoms in total. The Bertz CT molecular complexity index is 841. The van der Waals surface area contributed by atoms with Crippen LogP contribution in [0.1, 0.15) is 53.5 Å². The molecule has 146 valence electrons. The number of alkyl carbamates (subject to hydrolysis) is 1. The van der Waals surface area contributed by atoms with Crippen molar-refractivity contribution in [2.75, 3.05) is 0 Å². The quantitative estimate of drug-likeness (QED) is 0.811. The summed E-state index contributed by atoms with van der Waals surface area (Å²) in [6.45, 7) is 14.0. The molecule has 3 rings (SSSR count). The summed E-state index contributed by atoms with van der Waals surface area (Å²) in [5, 5.41) is 3.57. The van der Waals surface area contributed by atoms with Gasteiger partial charge < -0.3 is 19.4 Å². The Hall–Kier alpha value is -1.64. The number of fused-ring (bicyclic) bond motifs is 1. The standard InChI is InChI=1S/C19H27BN2O4S/c1-17(2,3)24-16(23)21-11-15-22-13-9-8-12(10-14(13)27-15)20-25-18(4,5)19(6,7)26-20/h8-10H,11H2,1-7H3,(H,21,23). The first-order valence-corrected chi connectivity index (χ1v) is 9.90. The van der Waals surface area contributed by atoms with Crippen LogP contribution < -0.4 is 10.8 Å². The molecule has 1 aromatic carbocycles. The first-order valence-electron chi connectivity index (χ1n) is 9.08. The highest BCUT2D eigenvalue weighted by molar-refractivity contribution is 7.18. The third kappa shape index (κ3) is 4.44. The van der Waals surface area contributed by atoms with E-state index in [0.29, 0.717) is 6.54 Å². The molecular weight excluding hydrogens is 363 g/mol. The van der Waals surface area contributed by atoms with E-state index in [1.54, 1.807) is 0 Å². The number of thiazole rings is 1. The van der Waals surface area contributed by atoms with Gasteiger partial charge in [0.05, 0.1) is 28.0 Å². The van der Waals surface area contributed by atoms with Gasteiger partial charge in [-0.2, -0.15) is 0 Å². The molecule has 2 heterocycles. The molecule has 1 amide bonds. The highest BCUT2D eigenvalue weighted by atomic mass is 32.1. The van der Waals surface area contributed by atoms with Crippen LogP contribution in [0.5, 0.6) is 0 Å². The van der Waals surface area contributed by atoms with Crippen molar-refractivity contribution in [1.82, 2.24) is 10.3 Å². The second kappa shape index (κ2) is 6.76. The molecule has 8 heteroatoms. The molecule has 1 saturated heterocycles. The smallest absolute Gasteiger partial charge is 0.444 e. The fraction of sp³-hybridized carbons (Fsp3) is 0.579. The molecule has 1 N–H and O–H groups in total. The van der Waals surface area contributed by atoms with Crippen molar-refractivity contribution in [3.8, 4) is 0 Å². The third-order valence-corrected chi connectivity index (χ3v) is 5.78. The van der Waals surface area contributed by atoms with E-state index in [9.17, 15) is 4.79 Å². The molecule has 0 aliphatic carbocycles. The molecule has 1 aromatic heterocycles. The number of carbonyl (C=O) groups is 1. The maximum absolute atomic E-state index is 11.8. The average Bonchev–Trinajstić information content (AvgIpc) is 3.00. The van der Waals surface area contributed by atoms with Crippen LogP contribution in [0.2, 0.25) is 0 Å². The number of aromatic nitrogens is 1. The first kappa shape index (κ1) is 20.1. The maximum atomic E-state index is 11.8. The molecule has 0 bridgehead atoms. The fourth-order valence-corrected chi connectivity index (χ4v) is 3.61. The van der Waals surface area contributed by atoms with Crippen molar-refractivity contribution < 1.29 is 18.8 Å². The molecule has 2 aromatic rings. The average molecular weight is 390 g/mol. The van der Waals surface area contributed by atoms with Gasteiger partial charge in [-0.3, -0.25) is 0 Å². The topological polar surface area (TPSA) is 69.7 Å². The molecule has 0 unspecified atom stereocenters. The van der Waals surface area contributed by atoms with Crippen LogP contribution in [-0.4, -0.2) is 35.0 Å². The van der Waals surface area contributed by atoms with E-state index in [-0.39, 0.29) is 11.2 Å². The minimum absolute atomic E-state index is 0.333. The Morgan fingerprint density at radius 1 is 1.22 bits per heavy atom. The lowest BCUT2D eigenvalue weighted by Gasteiger charge is -2.32. The molecule has 1 aliphatic rings. The minimum atomic E-state index is -0.518. The van der Waals surface area contributed by atoms with Crippen molar-refractivity contribution >= 4 is 40.2 Å². The van der Waals surface area contributed by atoms with Gasteiger partial charge >= 0.3 is 13.2 Å². The Labute approximate surface area is 164 Å². The number of benzene rings is 1. The van der Waals surface area contributed by atoms with Gasteiger partial charge in [-0.25, -0.2) is 9.78 Å². The number of hydrogen-bond acceptors (Lipinski definition) is 6. The number of carbonyl (C=O) groups excluding carboxylic acids is 1. The van der Waals surface area contributed by atoms with Crippen LogP contribution in [0.3, 0.4) is 0 Å². The van der Waals surface area contributed by atoms with Crippen LogP contribution in [0.4, 0.5) is 4.79 Å². The van der Waals surface area contributed by atoms with E-state index in [0.717, 1.165) is 20.7 Å². The van der Waals surface area contributed by atoms with Gasteiger partial charge in [0.1, 0.15) is 10.6 Å². The van der Waals surface area contributed by atoms with E-state index < -0.39 is 18.8 Å². The summed E-state index contributed by atoms with van der Waals surface area (Å²) in [7, 11) is -0.398. The summed E-state index contributed by atoms with van der Waals surface area (Å²) in [6.07, 6.45) is -0.445. The van der Waals surface area contributed by atoms with Crippen LogP contribution in [0, 0.1) is 0 Å². The normalized spacial score (nSPS) is 18.7. The summed E-state index contributed by atoms with van der Waals surface area (Å²) in [5.74, 6) is 0. The number of nitrogens with one attached hydrogen (secondary N) is 1. The number of hydrogen-bond donors (Lipinski definition) is 1. The Morgan fingerprint density at radius 2 is 1.85 bits per heavy atom. The van der Waals surface area contributed by atoms with Crippen molar-refractivity contribution in [3.05, 3.63) is 23.2 Å². The second-order valence-electron chi connectivity index (χ2n) is 8.78. The molecule has 0 atom stereocenters. The number of rotatable bonds is 3. The van der Waals surface area contributed by atoms with E-state index >= 15 is 0 Å². The summed E-state index contributed by atoms with van der Waals surface area (Å²) in [4.78, 5) is 16.4. The van der Waals surface area contributed by atoms with Gasteiger partial charge in [0.25, 0.3) is 0 Å². The highest BCUT2D eigenvalue weighted by Crippen LogP contribution is 2.36. The predicted molar refractivity (Wildman–Crippen MR) is 108 cm³/mol. The van der Waals surface area contributed by atoms with Crippen molar-refractivity contribution in [3.63, 3.8) is 0 Å². The second-order valence-corrected chi connectivity index (χ2v) is 9.89. The van der Waals surface area contributed by atoms with Gasteiger partial charge in [-0.15, -0.1) is 11.3 Å². The largest absolute Gasteiger partial charge is 0.494 e. The highest BCUT2D eigenvalue weighted by Gasteiger charge is 2.51. The lowest BCUT2D eigenvalue weighted by Crippen LogP contribution is -2.41. The lowest BCUT2D eigenvalue weighted by atomic mass is 9.79. The van der Waals surface area contributed by atoms with Crippen LogP contribution in [-0.2, 0) is 20.6 Å². The van der Waals surface area contributed by atoms with Crippen LogP contribution >= 0.6 is 11.3 Å². The zero-order valence-electron chi connectivity index (χ0n) is 17.0.